The van der Waals surface area contributed by atoms with Crippen molar-refractivity contribution in [2.24, 2.45) is 11.3 Å². The van der Waals surface area contributed by atoms with Crippen LogP contribution in [0.4, 0.5) is 0 Å². The Balaban J connectivity index is 1.65. The molecule has 2 atom stereocenters. The molecule has 3 heteroatoms. The minimum Gasteiger partial charge on any atom is -0.372 e. The highest BCUT2D eigenvalue weighted by atomic mass is 16.5. The summed E-state index contributed by atoms with van der Waals surface area (Å²) in [6.07, 6.45) is 6.10. The van der Waals surface area contributed by atoms with Gasteiger partial charge < -0.3 is 15.0 Å². The molecule has 0 bridgehead atoms. The van der Waals surface area contributed by atoms with Crippen molar-refractivity contribution >= 4 is 0 Å². The summed E-state index contributed by atoms with van der Waals surface area (Å²) in [5, 5.41) is 3.53. The van der Waals surface area contributed by atoms with Crippen LogP contribution in [0.2, 0.25) is 0 Å². The molecule has 2 saturated heterocycles. The topological polar surface area (TPSA) is 24.5 Å². The van der Waals surface area contributed by atoms with Crippen molar-refractivity contribution in [3.8, 4) is 0 Å². The summed E-state index contributed by atoms with van der Waals surface area (Å²) in [6.45, 7) is 15.1. The number of nitrogens with zero attached hydrogens (tertiary/aromatic N) is 1. The summed E-state index contributed by atoms with van der Waals surface area (Å²) in [4.78, 5) is 2.62. The SMILES string of the molecule is CC(C)CNCC1CCC(CN2CCCC(C)(C)C2)O1. The highest BCUT2D eigenvalue weighted by molar-refractivity contribution is 4.83. The van der Waals surface area contributed by atoms with E-state index < -0.39 is 0 Å². The highest BCUT2D eigenvalue weighted by Crippen LogP contribution is 2.29. The Kier molecular flexibility index (Phi) is 5.88. The maximum Gasteiger partial charge on any atom is 0.0707 e. The van der Waals surface area contributed by atoms with E-state index in [0.29, 0.717) is 17.6 Å². The molecule has 2 rings (SSSR count). The molecule has 2 aliphatic rings. The molecule has 0 radical (unpaired) electrons. The van der Waals surface area contributed by atoms with E-state index in [-0.39, 0.29) is 0 Å². The van der Waals surface area contributed by atoms with E-state index in [4.69, 9.17) is 4.74 Å². The van der Waals surface area contributed by atoms with Gasteiger partial charge in [0.1, 0.15) is 0 Å². The highest BCUT2D eigenvalue weighted by Gasteiger charge is 2.31. The zero-order valence-corrected chi connectivity index (χ0v) is 14.0. The van der Waals surface area contributed by atoms with Gasteiger partial charge in [0.05, 0.1) is 12.2 Å². The number of piperidine rings is 1. The van der Waals surface area contributed by atoms with Gasteiger partial charge in [0.2, 0.25) is 0 Å². The number of hydrogen-bond acceptors (Lipinski definition) is 3. The van der Waals surface area contributed by atoms with Crippen LogP contribution in [0.1, 0.15) is 53.4 Å². The third kappa shape index (κ3) is 5.34. The summed E-state index contributed by atoms with van der Waals surface area (Å²) >= 11 is 0. The monoisotopic (exact) mass is 282 g/mol. The minimum absolute atomic E-state index is 0.441. The quantitative estimate of drug-likeness (QED) is 0.811. The minimum atomic E-state index is 0.441. The predicted molar refractivity (Wildman–Crippen MR) is 85.1 cm³/mol. The third-order valence-corrected chi connectivity index (χ3v) is 4.56. The van der Waals surface area contributed by atoms with E-state index in [0.717, 1.165) is 25.6 Å². The molecular weight excluding hydrogens is 248 g/mol. The largest absolute Gasteiger partial charge is 0.372 e. The van der Waals surface area contributed by atoms with E-state index in [1.54, 1.807) is 0 Å². The zero-order valence-electron chi connectivity index (χ0n) is 14.0. The lowest BCUT2D eigenvalue weighted by Gasteiger charge is -2.39. The summed E-state index contributed by atoms with van der Waals surface area (Å²) in [7, 11) is 0. The van der Waals surface area contributed by atoms with Crippen molar-refractivity contribution in [3.63, 3.8) is 0 Å². The first-order valence-corrected chi connectivity index (χ1v) is 8.53. The summed E-state index contributed by atoms with van der Waals surface area (Å²) in [5.74, 6) is 0.725. The maximum absolute atomic E-state index is 6.21. The molecule has 1 N–H and O–H groups in total. The molecule has 2 unspecified atom stereocenters. The molecule has 0 aromatic heterocycles. The maximum atomic E-state index is 6.21. The van der Waals surface area contributed by atoms with Gasteiger partial charge in [-0.05, 0) is 50.1 Å². The van der Waals surface area contributed by atoms with Crippen LogP contribution in [0.25, 0.3) is 0 Å². The summed E-state index contributed by atoms with van der Waals surface area (Å²) in [6, 6.07) is 0. The van der Waals surface area contributed by atoms with Gasteiger partial charge >= 0.3 is 0 Å². The normalized spacial score (nSPS) is 31.1. The van der Waals surface area contributed by atoms with Crippen molar-refractivity contribution in [1.29, 1.82) is 0 Å². The van der Waals surface area contributed by atoms with Crippen LogP contribution in [0.3, 0.4) is 0 Å². The lowest BCUT2D eigenvalue weighted by molar-refractivity contribution is 0.00684. The van der Waals surface area contributed by atoms with Crippen molar-refractivity contribution < 1.29 is 4.74 Å². The molecule has 0 aromatic rings. The number of hydrogen-bond donors (Lipinski definition) is 1. The van der Waals surface area contributed by atoms with Gasteiger partial charge in [-0.2, -0.15) is 0 Å². The Hall–Kier alpha value is -0.120. The number of likely N-dealkylation sites (tertiary alicyclic amines) is 1. The molecule has 0 amide bonds. The number of ether oxygens (including phenoxy) is 1. The molecule has 118 valence electrons. The summed E-state index contributed by atoms with van der Waals surface area (Å²) in [5.41, 5.74) is 0.495. The van der Waals surface area contributed by atoms with Gasteiger partial charge in [0.25, 0.3) is 0 Å². The molecule has 2 heterocycles. The Bertz CT molecular complexity index is 291. The molecule has 0 spiro atoms. The molecule has 2 aliphatic heterocycles. The second-order valence-corrected chi connectivity index (χ2v) is 8.01. The molecule has 3 nitrogen and oxygen atoms in total. The second-order valence-electron chi connectivity index (χ2n) is 8.01. The van der Waals surface area contributed by atoms with Gasteiger partial charge in [-0.1, -0.05) is 27.7 Å². The Labute approximate surface area is 125 Å². The molecule has 20 heavy (non-hydrogen) atoms. The lowest BCUT2D eigenvalue weighted by Crippen LogP contribution is -2.43. The van der Waals surface area contributed by atoms with Crippen molar-refractivity contribution in [3.05, 3.63) is 0 Å². The fraction of sp³-hybridized carbons (Fsp3) is 1.00. The molecule has 0 aromatic carbocycles. The van der Waals surface area contributed by atoms with Gasteiger partial charge in [-0.15, -0.1) is 0 Å². The first-order valence-electron chi connectivity index (χ1n) is 8.53. The van der Waals surface area contributed by atoms with Crippen LogP contribution in [-0.2, 0) is 4.74 Å². The predicted octanol–water partition coefficient (Wildman–Crippen LogP) is 2.90. The standard InChI is InChI=1S/C17H34N2O/c1-14(2)10-18-11-15-6-7-16(20-15)12-19-9-5-8-17(3,4)13-19/h14-16,18H,5-13H2,1-4H3. The van der Waals surface area contributed by atoms with Crippen molar-refractivity contribution in [2.45, 2.75) is 65.6 Å². The van der Waals surface area contributed by atoms with Crippen molar-refractivity contribution in [1.82, 2.24) is 10.2 Å². The van der Waals surface area contributed by atoms with E-state index in [9.17, 15) is 0 Å². The van der Waals surface area contributed by atoms with E-state index in [1.165, 1.54) is 38.8 Å². The van der Waals surface area contributed by atoms with Gasteiger partial charge in [0, 0.05) is 19.6 Å². The number of nitrogens with one attached hydrogen (secondary N) is 1. The first-order chi connectivity index (χ1) is 9.44. The lowest BCUT2D eigenvalue weighted by atomic mass is 9.84. The van der Waals surface area contributed by atoms with Gasteiger partial charge in [-0.3, -0.25) is 0 Å². The summed E-state index contributed by atoms with van der Waals surface area (Å²) < 4.78 is 6.21. The Morgan fingerprint density at radius 2 is 2.00 bits per heavy atom. The molecule has 0 aliphatic carbocycles. The van der Waals surface area contributed by atoms with Crippen molar-refractivity contribution in [2.75, 3.05) is 32.7 Å². The average molecular weight is 282 g/mol. The second kappa shape index (κ2) is 7.24. The van der Waals surface area contributed by atoms with Crippen LogP contribution >= 0.6 is 0 Å². The van der Waals surface area contributed by atoms with E-state index >= 15 is 0 Å². The Morgan fingerprint density at radius 3 is 2.70 bits per heavy atom. The van der Waals surface area contributed by atoms with Crippen LogP contribution in [0.15, 0.2) is 0 Å². The third-order valence-electron chi connectivity index (χ3n) is 4.56. The number of rotatable bonds is 6. The average Bonchev–Trinajstić information content (AvgIpc) is 2.75. The fourth-order valence-corrected chi connectivity index (χ4v) is 3.59. The molecule has 0 saturated carbocycles. The smallest absolute Gasteiger partial charge is 0.0707 e. The first kappa shape index (κ1) is 16.3. The van der Waals surface area contributed by atoms with E-state index in [2.05, 4.69) is 37.9 Å². The van der Waals surface area contributed by atoms with Crippen LogP contribution in [0.5, 0.6) is 0 Å². The zero-order chi connectivity index (χ0) is 14.6. The molecule has 2 fully saturated rings. The van der Waals surface area contributed by atoms with Crippen LogP contribution in [-0.4, -0.2) is 49.8 Å². The van der Waals surface area contributed by atoms with Crippen LogP contribution < -0.4 is 5.32 Å². The van der Waals surface area contributed by atoms with E-state index in [1.807, 2.05) is 0 Å². The Morgan fingerprint density at radius 1 is 1.25 bits per heavy atom. The van der Waals surface area contributed by atoms with Gasteiger partial charge in [0.15, 0.2) is 0 Å². The molecular formula is C17H34N2O. The van der Waals surface area contributed by atoms with Gasteiger partial charge in [-0.25, -0.2) is 0 Å². The van der Waals surface area contributed by atoms with Crippen LogP contribution in [0, 0.1) is 11.3 Å². The fourth-order valence-electron chi connectivity index (χ4n) is 3.59.